The highest BCUT2D eigenvalue weighted by Gasteiger charge is 2.25. The Morgan fingerprint density at radius 2 is 2.15 bits per heavy atom. The van der Waals surface area contributed by atoms with Gasteiger partial charge in [0.25, 0.3) is 0 Å². The van der Waals surface area contributed by atoms with Crippen LogP contribution in [0.5, 0.6) is 0 Å². The van der Waals surface area contributed by atoms with E-state index in [-0.39, 0.29) is 11.6 Å². The average Bonchev–Trinajstić information content (AvgIpc) is 2.99. The highest BCUT2D eigenvalue weighted by atomic mass is 16.5. The first-order chi connectivity index (χ1) is 12.5. The Balaban J connectivity index is 1.85. The molecule has 2 N–H and O–H groups in total. The van der Waals surface area contributed by atoms with Crippen molar-refractivity contribution >= 4 is 28.5 Å². The summed E-state index contributed by atoms with van der Waals surface area (Å²) in [5.74, 6) is -0.587. The van der Waals surface area contributed by atoms with Crippen molar-refractivity contribution in [2.45, 2.75) is 45.6 Å². The summed E-state index contributed by atoms with van der Waals surface area (Å²) in [5.41, 5.74) is 2.65. The van der Waals surface area contributed by atoms with E-state index in [1.54, 1.807) is 0 Å². The van der Waals surface area contributed by atoms with E-state index in [0.717, 1.165) is 42.3 Å². The highest BCUT2D eigenvalue weighted by molar-refractivity contribution is 6.11. The van der Waals surface area contributed by atoms with Crippen molar-refractivity contribution in [1.82, 2.24) is 9.88 Å². The summed E-state index contributed by atoms with van der Waals surface area (Å²) in [6.07, 6.45) is 4.55. The number of aromatic amines is 1. The number of nitrogens with zero attached hydrogens (tertiary/aromatic N) is 1. The van der Waals surface area contributed by atoms with Gasteiger partial charge in [-0.1, -0.05) is 25.0 Å². The third-order valence-corrected chi connectivity index (χ3v) is 5.18. The van der Waals surface area contributed by atoms with Gasteiger partial charge < -0.3 is 15.0 Å². The number of rotatable bonds is 5. The first kappa shape index (κ1) is 18.5. The number of amides is 1. The number of esters is 1. The van der Waals surface area contributed by atoms with Crippen molar-refractivity contribution in [3.63, 3.8) is 0 Å². The number of fused-ring (bicyclic) bond motifs is 1. The van der Waals surface area contributed by atoms with Crippen LogP contribution in [-0.2, 0) is 9.53 Å². The predicted octanol–water partition coefficient (Wildman–Crippen LogP) is 3.47. The molecule has 26 heavy (non-hydrogen) atoms. The summed E-state index contributed by atoms with van der Waals surface area (Å²) in [6, 6.07) is 6.29. The molecule has 0 saturated carbocycles. The number of hydrogen-bond acceptors (Lipinski definition) is 4. The average molecular weight is 357 g/mol. The van der Waals surface area contributed by atoms with Crippen LogP contribution in [0.4, 0.5) is 5.69 Å². The molecule has 1 aromatic carbocycles. The lowest BCUT2D eigenvalue weighted by Gasteiger charge is -2.34. The van der Waals surface area contributed by atoms with Crippen LogP contribution in [0.3, 0.4) is 0 Å². The Morgan fingerprint density at radius 3 is 2.88 bits per heavy atom. The Hall–Kier alpha value is -2.34. The summed E-state index contributed by atoms with van der Waals surface area (Å²) in [7, 11) is 1.34. The normalized spacial score (nSPS) is 18.0. The topological polar surface area (TPSA) is 74.4 Å². The molecule has 0 spiro atoms. The zero-order valence-corrected chi connectivity index (χ0v) is 15.7. The lowest BCUT2D eigenvalue weighted by Crippen LogP contribution is -2.43. The Labute approximate surface area is 153 Å². The number of H-pyrrole nitrogens is 1. The standard InChI is InChI=1S/C20H27N3O3/c1-4-14-7-5-6-10-23(14)12-17(24)22-18-15-11-13(2)8-9-16(15)21-19(18)20(25)26-3/h8-9,11,14,21H,4-7,10,12H2,1-3H3,(H,22,24). The van der Waals surface area contributed by atoms with E-state index in [1.807, 2.05) is 25.1 Å². The zero-order valence-electron chi connectivity index (χ0n) is 15.7. The summed E-state index contributed by atoms with van der Waals surface area (Å²) in [5, 5.41) is 3.78. The van der Waals surface area contributed by atoms with Gasteiger partial charge in [-0.15, -0.1) is 0 Å². The molecule has 0 bridgehead atoms. The molecule has 1 saturated heterocycles. The second kappa shape index (κ2) is 7.91. The van der Waals surface area contributed by atoms with Gasteiger partial charge in [0.2, 0.25) is 5.91 Å². The molecule has 1 atom stereocenters. The largest absolute Gasteiger partial charge is 0.464 e. The molecule has 1 fully saturated rings. The number of carbonyl (C=O) groups excluding carboxylic acids is 2. The van der Waals surface area contributed by atoms with Crippen molar-refractivity contribution in [2.24, 2.45) is 0 Å². The van der Waals surface area contributed by atoms with Gasteiger partial charge in [0.1, 0.15) is 5.69 Å². The van der Waals surface area contributed by atoms with Crippen LogP contribution < -0.4 is 5.32 Å². The zero-order chi connectivity index (χ0) is 18.7. The van der Waals surface area contributed by atoms with Gasteiger partial charge in [0.05, 0.1) is 19.3 Å². The number of piperidine rings is 1. The summed E-state index contributed by atoms with van der Waals surface area (Å²) >= 11 is 0. The number of carbonyl (C=O) groups is 2. The number of aryl methyl sites for hydroxylation is 1. The highest BCUT2D eigenvalue weighted by Crippen LogP contribution is 2.29. The van der Waals surface area contributed by atoms with Crippen LogP contribution in [0, 0.1) is 6.92 Å². The fourth-order valence-corrected chi connectivity index (χ4v) is 3.78. The van der Waals surface area contributed by atoms with Crippen LogP contribution in [0.1, 0.15) is 48.7 Å². The SMILES string of the molecule is CCC1CCCCN1CC(=O)Nc1c(C(=O)OC)[nH]c2ccc(C)cc12. The van der Waals surface area contributed by atoms with Gasteiger partial charge >= 0.3 is 5.97 Å². The fraction of sp³-hybridized carbons (Fsp3) is 0.500. The number of benzene rings is 1. The number of likely N-dealkylation sites (tertiary alicyclic amines) is 1. The first-order valence-electron chi connectivity index (χ1n) is 9.28. The second-order valence-electron chi connectivity index (χ2n) is 6.99. The molecule has 1 aromatic heterocycles. The molecular formula is C20H27N3O3. The van der Waals surface area contributed by atoms with E-state index in [0.29, 0.717) is 18.3 Å². The molecule has 0 aliphatic carbocycles. The number of ether oxygens (including phenoxy) is 1. The lowest BCUT2D eigenvalue weighted by molar-refractivity contribution is -0.118. The van der Waals surface area contributed by atoms with Crippen molar-refractivity contribution < 1.29 is 14.3 Å². The summed E-state index contributed by atoms with van der Waals surface area (Å²) < 4.78 is 4.87. The fourth-order valence-electron chi connectivity index (χ4n) is 3.78. The molecular weight excluding hydrogens is 330 g/mol. The third-order valence-electron chi connectivity index (χ3n) is 5.18. The van der Waals surface area contributed by atoms with E-state index in [4.69, 9.17) is 4.74 Å². The van der Waals surface area contributed by atoms with Crippen LogP contribution in [0.25, 0.3) is 10.9 Å². The molecule has 6 nitrogen and oxygen atoms in total. The van der Waals surface area contributed by atoms with Crippen LogP contribution >= 0.6 is 0 Å². The van der Waals surface area contributed by atoms with Gasteiger partial charge in [0, 0.05) is 16.9 Å². The van der Waals surface area contributed by atoms with Crippen molar-refractivity contribution in [2.75, 3.05) is 25.5 Å². The molecule has 1 aliphatic rings. The molecule has 1 aliphatic heterocycles. The molecule has 140 valence electrons. The molecule has 1 unspecified atom stereocenters. The van der Waals surface area contributed by atoms with Crippen molar-refractivity contribution in [1.29, 1.82) is 0 Å². The monoisotopic (exact) mass is 357 g/mol. The number of hydrogen-bond donors (Lipinski definition) is 2. The van der Waals surface area contributed by atoms with E-state index in [9.17, 15) is 9.59 Å². The van der Waals surface area contributed by atoms with Gasteiger partial charge in [-0.2, -0.15) is 0 Å². The minimum absolute atomic E-state index is 0.0992. The number of aromatic nitrogens is 1. The van der Waals surface area contributed by atoms with E-state index >= 15 is 0 Å². The summed E-state index contributed by atoms with van der Waals surface area (Å²) in [4.78, 5) is 30.2. The molecule has 6 heteroatoms. The maximum atomic E-state index is 12.7. The third kappa shape index (κ3) is 3.75. The maximum absolute atomic E-state index is 12.7. The van der Waals surface area contributed by atoms with Gasteiger partial charge in [-0.25, -0.2) is 4.79 Å². The molecule has 3 rings (SSSR count). The minimum Gasteiger partial charge on any atom is -0.464 e. The minimum atomic E-state index is -0.487. The smallest absolute Gasteiger partial charge is 0.356 e. The van der Waals surface area contributed by atoms with Crippen molar-refractivity contribution in [3.8, 4) is 0 Å². The Bertz CT molecular complexity index is 812. The molecule has 2 heterocycles. The van der Waals surface area contributed by atoms with Crippen molar-refractivity contribution in [3.05, 3.63) is 29.5 Å². The van der Waals surface area contributed by atoms with Gasteiger partial charge in [-0.3, -0.25) is 9.69 Å². The Morgan fingerprint density at radius 1 is 1.35 bits per heavy atom. The van der Waals surface area contributed by atoms with E-state index in [2.05, 4.69) is 22.1 Å². The number of methoxy groups -OCH3 is 1. The van der Waals surface area contributed by atoms with E-state index < -0.39 is 5.97 Å². The van der Waals surface area contributed by atoms with Crippen LogP contribution in [0.2, 0.25) is 0 Å². The Kier molecular flexibility index (Phi) is 5.61. The van der Waals surface area contributed by atoms with Crippen LogP contribution in [0.15, 0.2) is 18.2 Å². The first-order valence-corrected chi connectivity index (χ1v) is 9.28. The maximum Gasteiger partial charge on any atom is 0.356 e. The molecule has 0 radical (unpaired) electrons. The quantitative estimate of drug-likeness (QED) is 0.804. The van der Waals surface area contributed by atoms with Gasteiger partial charge in [-0.05, 0) is 44.9 Å². The number of nitrogens with one attached hydrogen (secondary N) is 2. The second-order valence-corrected chi connectivity index (χ2v) is 6.99. The molecule has 1 amide bonds. The number of anilines is 1. The van der Waals surface area contributed by atoms with Gasteiger partial charge in [0.15, 0.2) is 0 Å². The lowest BCUT2D eigenvalue weighted by atomic mass is 10.00. The van der Waals surface area contributed by atoms with Crippen LogP contribution in [-0.4, -0.2) is 48.0 Å². The van der Waals surface area contributed by atoms with E-state index in [1.165, 1.54) is 13.5 Å². The molecule has 2 aromatic rings. The predicted molar refractivity (Wildman–Crippen MR) is 103 cm³/mol. The summed E-state index contributed by atoms with van der Waals surface area (Å²) in [6.45, 7) is 5.44.